The van der Waals surface area contributed by atoms with Gasteiger partial charge >= 0.3 is 6.09 Å². The second-order valence-corrected chi connectivity index (χ2v) is 6.89. The van der Waals surface area contributed by atoms with Gasteiger partial charge in [0.2, 0.25) is 0 Å². The third kappa shape index (κ3) is 7.97. The van der Waals surface area contributed by atoms with Crippen LogP contribution >= 0.6 is 11.8 Å². The highest BCUT2D eigenvalue weighted by Crippen LogP contribution is 2.14. The Hall–Kier alpha value is -1.20. The highest BCUT2D eigenvalue weighted by molar-refractivity contribution is 7.98. The monoisotopic (exact) mass is 310 g/mol. The Labute approximate surface area is 132 Å². The van der Waals surface area contributed by atoms with E-state index in [0.29, 0.717) is 6.54 Å². The lowest BCUT2D eigenvalue weighted by atomic mass is 10.2. The van der Waals surface area contributed by atoms with E-state index in [2.05, 4.69) is 41.2 Å². The van der Waals surface area contributed by atoms with Crippen molar-refractivity contribution in [2.75, 3.05) is 12.8 Å². The molecule has 1 rings (SSSR count). The van der Waals surface area contributed by atoms with Crippen molar-refractivity contribution in [3.05, 3.63) is 29.8 Å². The Morgan fingerprint density at radius 3 is 2.43 bits per heavy atom. The van der Waals surface area contributed by atoms with Gasteiger partial charge in [-0.1, -0.05) is 12.1 Å². The molecule has 0 aliphatic rings. The van der Waals surface area contributed by atoms with Crippen LogP contribution in [-0.4, -0.2) is 30.5 Å². The maximum atomic E-state index is 11.5. The molecule has 0 radical (unpaired) electrons. The molecule has 118 valence electrons. The zero-order valence-corrected chi connectivity index (χ0v) is 14.3. The molecule has 1 atom stereocenters. The van der Waals surface area contributed by atoms with E-state index in [4.69, 9.17) is 4.74 Å². The van der Waals surface area contributed by atoms with Gasteiger partial charge in [-0.15, -0.1) is 11.8 Å². The van der Waals surface area contributed by atoms with Gasteiger partial charge in [-0.05, 0) is 51.6 Å². The van der Waals surface area contributed by atoms with Crippen LogP contribution in [0.15, 0.2) is 29.2 Å². The summed E-state index contributed by atoms with van der Waals surface area (Å²) in [6.45, 7) is 8.92. The van der Waals surface area contributed by atoms with Crippen molar-refractivity contribution in [1.29, 1.82) is 0 Å². The highest BCUT2D eigenvalue weighted by Gasteiger charge is 2.16. The Bertz CT molecular complexity index is 441. The van der Waals surface area contributed by atoms with Crippen LogP contribution < -0.4 is 10.6 Å². The van der Waals surface area contributed by atoms with Crippen molar-refractivity contribution >= 4 is 17.9 Å². The minimum atomic E-state index is -0.459. The molecule has 0 aromatic heterocycles. The molecule has 0 aliphatic heterocycles. The van der Waals surface area contributed by atoms with Gasteiger partial charge in [0.05, 0.1) is 0 Å². The molecule has 1 amide bonds. The summed E-state index contributed by atoms with van der Waals surface area (Å²) in [5.41, 5.74) is 0.775. The molecule has 0 bridgehead atoms. The number of hydrogen-bond acceptors (Lipinski definition) is 4. The third-order valence-corrected chi connectivity index (χ3v) is 3.51. The van der Waals surface area contributed by atoms with Gasteiger partial charge in [0.15, 0.2) is 0 Å². The van der Waals surface area contributed by atoms with Gasteiger partial charge in [0.25, 0.3) is 0 Å². The highest BCUT2D eigenvalue weighted by atomic mass is 32.2. The smallest absolute Gasteiger partial charge is 0.407 e. The number of benzene rings is 1. The van der Waals surface area contributed by atoms with Crippen LogP contribution in [-0.2, 0) is 11.3 Å². The minimum Gasteiger partial charge on any atom is -0.444 e. The average Bonchev–Trinajstić information content (AvgIpc) is 2.41. The van der Waals surface area contributed by atoms with E-state index in [9.17, 15) is 4.79 Å². The van der Waals surface area contributed by atoms with E-state index >= 15 is 0 Å². The Kier molecular flexibility index (Phi) is 7.05. The quantitative estimate of drug-likeness (QED) is 0.791. The fourth-order valence-electron chi connectivity index (χ4n) is 1.66. The predicted octanol–water partition coefficient (Wildman–Crippen LogP) is 3.41. The van der Waals surface area contributed by atoms with Crippen LogP contribution in [0.25, 0.3) is 0 Å². The number of rotatable bonds is 6. The maximum Gasteiger partial charge on any atom is 0.407 e. The lowest BCUT2D eigenvalue weighted by Crippen LogP contribution is -2.40. The van der Waals surface area contributed by atoms with Crippen molar-refractivity contribution < 1.29 is 9.53 Å². The number of ether oxygens (including phenoxy) is 1. The van der Waals surface area contributed by atoms with E-state index in [0.717, 1.165) is 6.54 Å². The minimum absolute atomic E-state index is 0.178. The first-order valence-electron chi connectivity index (χ1n) is 7.13. The number of hydrogen-bond donors (Lipinski definition) is 2. The molecular formula is C16H26N2O2S. The predicted molar refractivity (Wildman–Crippen MR) is 88.8 cm³/mol. The fourth-order valence-corrected chi connectivity index (χ4v) is 2.07. The summed E-state index contributed by atoms with van der Waals surface area (Å²) in [5.74, 6) is 0. The van der Waals surface area contributed by atoms with Crippen LogP contribution in [0, 0.1) is 0 Å². The second-order valence-electron chi connectivity index (χ2n) is 6.01. The largest absolute Gasteiger partial charge is 0.444 e. The van der Waals surface area contributed by atoms with Crippen molar-refractivity contribution in [3.63, 3.8) is 0 Å². The van der Waals surface area contributed by atoms with E-state index in [-0.39, 0.29) is 12.1 Å². The zero-order chi connectivity index (χ0) is 15.9. The number of alkyl carbamates (subject to hydrolysis) is 1. The Morgan fingerprint density at radius 2 is 1.90 bits per heavy atom. The molecule has 1 unspecified atom stereocenters. The topological polar surface area (TPSA) is 50.4 Å². The Balaban J connectivity index is 2.27. The molecule has 0 heterocycles. The lowest BCUT2D eigenvalue weighted by Gasteiger charge is -2.21. The van der Waals surface area contributed by atoms with Crippen LogP contribution in [0.5, 0.6) is 0 Å². The van der Waals surface area contributed by atoms with Crippen molar-refractivity contribution in [2.45, 2.75) is 50.8 Å². The second kappa shape index (κ2) is 8.29. The Morgan fingerprint density at radius 1 is 1.29 bits per heavy atom. The molecule has 0 aliphatic carbocycles. The summed E-state index contributed by atoms with van der Waals surface area (Å²) in [6, 6.07) is 8.65. The third-order valence-electron chi connectivity index (χ3n) is 2.77. The average molecular weight is 310 g/mol. The van der Waals surface area contributed by atoms with E-state index in [1.165, 1.54) is 10.5 Å². The molecule has 0 spiro atoms. The van der Waals surface area contributed by atoms with Gasteiger partial charge < -0.3 is 15.4 Å². The van der Waals surface area contributed by atoms with Crippen molar-refractivity contribution in [2.24, 2.45) is 0 Å². The van der Waals surface area contributed by atoms with Crippen LogP contribution in [0.3, 0.4) is 0 Å². The molecule has 1 aromatic rings. The van der Waals surface area contributed by atoms with Crippen LogP contribution in [0.2, 0.25) is 0 Å². The maximum absolute atomic E-state index is 11.5. The summed E-state index contributed by atoms with van der Waals surface area (Å²) in [7, 11) is 0. The molecule has 1 aromatic carbocycles. The fraction of sp³-hybridized carbons (Fsp3) is 0.562. The first-order valence-corrected chi connectivity index (χ1v) is 8.36. The van der Waals surface area contributed by atoms with Gasteiger partial charge in [-0.2, -0.15) is 0 Å². The van der Waals surface area contributed by atoms with Gasteiger partial charge in [-0.3, -0.25) is 0 Å². The standard InChI is InChI=1S/C16H26N2O2S/c1-12(10-18-15(19)20-16(2,3)4)17-11-13-6-8-14(21-5)9-7-13/h6-9,12,17H,10-11H2,1-5H3,(H,18,19). The molecule has 21 heavy (non-hydrogen) atoms. The normalized spacial score (nSPS) is 12.8. The van der Waals surface area contributed by atoms with Crippen molar-refractivity contribution in [1.82, 2.24) is 10.6 Å². The molecule has 2 N–H and O–H groups in total. The van der Waals surface area contributed by atoms with Gasteiger partial charge in [0, 0.05) is 24.0 Å². The first-order chi connectivity index (χ1) is 9.80. The molecule has 5 heteroatoms. The zero-order valence-electron chi connectivity index (χ0n) is 13.5. The SMILES string of the molecule is CSc1ccc(CNC(C)CNC(=O)OC(C)(C)C)cc1. The van der Waals surface area contributed by atoms with Gasteiger partial charge in [-0.25, -0.2) is 4.79 Å². The lowest BCUT2D eigenvalue weighted by molar-refractivity contribution is 0.0523. The molecular weight excluding hydrogens is 284 g/mol. The van der Waals surface area contributed by atoms with Crippen LogP contribution in [0.1, 0.15) is 33.3 Å². The number of thioether (sulfide) groups is 1. The summed E-state index contributed by atoms with van der Waals surface area (Å²) in [6.07, 6.45) is 1.69. The number of nitrogens with one attached hydrogen (secondary N) is 2. The number of carbonyl (C=O) groups excluding carboxylic acids is 1. The number of amides is 1. The molecule has 0 fully saturated rings. The molecule has 0 saturated carbocycles. The van der Waals surface area contributed by atoms with Gasteiger partial charge in [0.1, 0.15) is 5.60 Å². The van der Waals surface area contributed by atoms with Crippen molar-refractivity contribution in [3.8, 4) is 0 Å². The van der Waals surface area contributed by atoms with E-state index in [1.54, 1.807) is 11.8 Å². The summed E-state index contributed by atoms with van der Waals surface area (Å²) in [5, 5.41) is 6.14. The molecule has 4 nitrogen and oxygen atoms in total. The molecule has 0 saturated heterocycles. The summed E-state index contributed by atoms with van der Waals surface area (Å²) in [4.78, 5) is 12.8. The van der Waals surface area contributed by atoms with E-state index < -0.39 is 5.60 Å². The number of carbonyl (C=O) groups is 1. The van der Waals surface area contributed by atoms with Crippen LogP contribution in [0.4, 0.5) is 4.79 Å². The summed E-state index contributed by atoms with van der Waals surface area (Å²) >= 11 is 1.74. The van der Waals surface area contributed by atoms with E-state index in [1.807, 2.05) is 27.7 Å². The summed E-state index contributed by atoms with van der Waals surface area (Å²) < 4.78 is 5.20. The first kappa shape index (κ1) is 17.9.